The molecule has 1 aromatic rings. The van der Waals surface area contributed by atoms with Crippen LogP contribution in [0.2, 0.25) is 0 Å². The largest absolute Gasteiger partial charge is 0.480 e. The minimum Gasteiger partial charge on any atom is -0.480 e. The van der Waals surface area contributed by atoms with E-state index in [0.717, 1.165) is 18.7 Å². The van der Waals surface area contributed by atoms with Gasteiger partial charge in [0.15, 0.2) is 0 Å². The van der Waals surface area contributed by atoms with Gasteiger partial charge in [-0.05, 0) is 18.0 Å². The zero-order valence-corrected chi connectivity index (χ0v) is 10.8. The fraction of sp³-hybridized carbons (Fsp3) is 0.500. The van der Waals surface area contributed by atoms with Gasteiger partial charge in [-0.25, -0.2) is 0 Å². The van der Waals surface area contributed by atoms with Crippen LogP contribution in [0.25, 0.3) is 0 Å². The van der Waals surface area contributed by atoms with E-state index >= 15 is 0 Å². The molecule has 1 aromatic carbocycles. The fourth-order valence-corrected chi connectivity index (χ4v) is 2.03. The third-order valence-corrected chi connectivity index (χ3v) is 2.72. The summed E-state index contributed by atoms with van der Waals surface area (Å²) >= 11 is 0. The van der Waals surface area contributed by atoms with E-state index in [1.165, 1.54) is 0 Å². The summed E-state index contributed by atoms with van der Waals surface area (Å²) in [6, 6.07) is 8.89. The number of hydrogen-bond donors (Lipinski definition) is 1. The molecule has 0 bridgehead atoms. The van der Waals surface area contributed by atoms with Crippen molar-refractivity contribution in [2.75, 3.05) is 13.1 Å². The van der Waals surface area contributed by atoms with Gasteiger partial charge in [-0.15, -0.1) is 0 Å². The van der Waals surface area contributed by atoms with E-state index in [-0.39, 0.29) is 0 Å². The quantitative estimate of drug-likeness (QED) is 0.824. The predicted octanol–water partition coefficient (Wildman–Crippen LogP) is 2.79. The van der Waals surface area contributed by atoms with Gasteiger partial charge in [0.1, 0.15) is 6.04 Å². The summed E-state index contributed by atoms with van der Waals surface area (Å²) in [5.41, 5.74) is 0.850. The summed E-state index contributed by atoms with van der Waals surface area (Å²) in [7, 11) is 0. The lowest BCUT2D eigenvalue weighted by molar-refractivity contribution is -0.143. The first kappa shape index (κ1) is 13.7. The Hall–Kier alpha value is -1.35. The smallest absolute Gasteiger partial charge is 0.325 e. The Labute approximate surface area is 103 Å². The van der Waals surface area contributed by atoms with Gasteiger partial charge in [0, 0.05) is 6.54 Å². The van der Waals surface area contributed by atoms with Crippen LogP contribution in [0.15, 0.2) is 30.3 Å². The maximum absolute atomic E-state index is 11.4. The van der Waals surface area contributed by atoms with E-state index in [4.69, 9.17) is 0 Å². The summed E-state index contributed by atoms with van der Waals surface area (Å²) in [4.78, 5) is 13.4. The van der Waals surface area contributed by atoms with Gasteiger partial charge in [-0.2, -0.15) is 0 Å². The van der Waals surface area contributed by atoms with Crippen molar-refractivity contribution in [1.82, 2.24) is 4.90 Å². The van der Waals surface area contributed by atoms with Crippen LogP contribution in [-0.2, 0) is 4.79 Å². The van der Waals surface area contributed by atoms with E-state index in [1.807, 2.05) is 42.2 Å². The number of carboxylic acid groups (broad SMARTS) is 1. The number of aliphatic carboxylic acids is 1. The molecule has 0 spiro atoms. The summed E-state index contributed by atoms with van der Waals surface area (Å²) in [6.07, 6.45) is 0. The molecule has 1 unspecified atom stereocenters. The van der Waals surface area contributed by atoms with Gasteiger partial charge >= 0.3 is 5.97 Å². The van der Waals surface area contributed by atoms with Crippen LogP contribution >= 0.6 is 0 Å². The molecular weight excluding hydrogens is 214 g/mol. The normalized spacial score (nSPS) is 13.0. The Kier molecular flexibility index (Phi) is 5.16. The van der Waals surface area contributed by atoms with Crippen molar-refractivity contribution in [1.29, 1.82) is 0 Å². The molecule has 94 valence electrons. The maximum Gasteiger partial charge on any atom is 0.325 e. The highest BCUT2D eigenvalue weighted by Crippen LogP contribution is 2.21. The van der Waals surface area contributed by atoms with Crippen molar-refractivity contribution >= 4 is 5.97 Å². The molecule has 17 heavy (non-hydrogen) atoms. The molecule has 0 radical (unpaired) electrons. The Balaban J connectivity index is 2.95. The molecule has 1 rings (SSSR count). The van der Waals surface area contributed by atoms with Gasteiger partial charge in [0.05, 0.1) is 0 Å². The standard InChI is InChI=1S/C14H21NO2/c1-4-15(10-11(2)3)13(14(16)17)12-8-6-5-7-9-12/h5-9,11,13H,4,10H2,1-3H3,(H,16,17). The molecule has 3 heteroatoms. The zero-order chi connectivity index (χ0) is 12.8. The molecule has 0 aromatic heterocycles. The van der Waals surface area contributed by atoms with Gasteiger partial charge in [-0.1, -0.05) is 51.1 Å². The van der Waals surface area contributed by atoms with E-state index in [2.05, 4.69) is 13.8 Å². The Morgan fingerprint density at radius 3 is 2.29 bits per heavy atom. The van der Waals surface area contributed by atoms with E-state index in [1.54, 1.807) is 0 Å². The van der Waals surface area contributed by atoms with E-state index < -0.39 is 12.0 Å². The molecule has 0 saturated heterocycles. The van der Waals surface area contributed by atoms with Crippen LogP contribution in [-0.4, -0.2) is 29.1 Å². The number of nitrogens with zero attached hydrogens (tertiary/aromatic N) is 1. The first-order valence-electron chi connectivity index (χ1n) is 6.08. The molecular formula is C14H21NO2. The van der Waals surface area contributed by atoms with Crippen LogP contribution in [0.4, 0.5) is 0 Å². The van der Waals surface area contributed by atoms with Crippen LogP contribution in [0.5, 0.6) is 0 Å². The first-order chi connectivity index (χ1) is 8.06. The molecule has 0 amide bonds. The minimum absolute atomic E-state index is 0.459. The molecule has 0 fully saturated rings. The second-order valence-electron chi connectivity index (χ2n) is 4.63. The van der Waals surface area contributed by atoms with E-state index in [0.29, 0.717) is 5.92 Å². The summed E-state index contributed by atoms with van der Waals surface area (Å²) < 4.78 is 0. The van der Waals surface area contributed by atoms with Crippen LogP contribution in [0, 0.1) is 5.92 Å². The number of likely N-dealkylation sites (N-methyl/N-ethyl adjacent to an activating group) is 1. The predicted molar refractivity (Wildman–Crippen MR) is 68.9 cm³/mol. The third-order valence-electron chi connectivity index (χ3n) is 2.72. The summed E-state index contributed by atoms with van der Waals surface area (Å²) in [6.45, 7) is 7.74. The number of hydrogen-bond acceptors (Lipinski definition) is 2. The second kappa shape index (κ2) is 6.40. The molecule has 0 heterocycles. The van der Waals surface area contributed by atoms with E-state index in [9.17, 15) is 9.90 Å². The Morgan fingerprint density at radius 1 is 1.29 bits per heavy atom. The van der Waals surface area contributed by atoms with Gasteiger partial charge in [-0.3, -0.25) is 9.69 Å². The average molecular weight is 235 g/mol. The highest BCUT2D eigenvalue weighted by molar-refractivity contribution is 5.75. The number of carbonyl (C=O) groups is 1. The lowest BCUT2D eigenvalue weighted by Gasteiger charge is -2.29. The Bertz CT molecular complexity index is 348. The van der Waals surface area contributed by atoms with Crippen molar-refractivity contribution in [3.8, 4) is 0 Å². The van der Waals surface area contributed by atoms with Crippen molar-refractivity contribution in [3.05, 3.63) is 35.9 Å². The minimum atomic E-state index is -0.779. The molecule has 1 N–H and O–H groups in total. The molecule has 0 saturated carbocycles. The summed E-state index contributed by atoms with van der Waals surface area (Å²) in [5.74, 6) is -0.320. The van der Waals surface area contributed by atoms with Crippen molar-refractivity contribution < 1.29 is 9.90 Å². The lowest BCUT2D eigenvalue weighted by Crippen LogP contribution is -2.36. The monoisotopic (exact) mass is 235 g/mol. The SMILES string of the molecule is CCN(CC(C)C)C(C(=O)O)c1ccccc1. The number of benzene rings is 1. The van der Waals surface area contributed by atoms with Gasteiger partial charge in [0.25, 0.3) is 0 Å². The molecule has 3 nitrogen and oxygen atoms in total. The van der Waals surface area contributed by atoms with Crippen LogP contribution < -0.4 is 0 Å². The lowest BCUT2D eigenvalue weighted by atomic mass is 10.0. The average Bonchev–Trinajstić information content (AvgIpc) is 2.28. The summed E-state index contributed by atoms with van der Waals surface area (Å²) in [5, 5.41) is 9.40. The Morgan fingerprint density at radius 2 is 1.88 bits per heavy atom. The molecule has 0 aliphatic heterocycles. The topological polar surface area (TPSA) is 40.5 Å². The fourth-order valence-electron chi connectivity index (χ4n) is 2.03. The van der Waals surface area contributed by atoms with Crippen molar-refractivity contribution in [2.24, 2.45) is 5.92 Å². The van der Waals surface area contributed by atoms with Gasteiger partial charge in [0.2, 0.25) is 0 Å². The molecule has 0 aliphatic carbocycles. The maximum atomic E-state index is 11.4. The third kappa shape index (κ3) is 3.86. The zero-order valence-electron chi connectivity index (χ0n) is 10.8. The molecule has 1 atom stereocenters. The van der Waals surface area contributed by atoms with Crippen molar-refractivity contribution in [2.45, 2.75) is 26.8 Å². The number of rotatable bonds is 6. The number of carboxylic acids is 1. The van der Waals surface area contributed by atoms with Crippen LogP contribution in [0.3, 0.4) is 0 Å². The highest BCUT2D eigenvalue weighted by atomic mass is 16.4. The second-order valence-corrected chi connectivity index (χ2v) is 4.63. The highest BCUT2D eigenvalue weighted by Gasteiger charge is 2.26. The van der Waals surface area contributed by atoms with Gasteiger partial charge < -0.3 is 5.11 Å². The molecule has 0 aliphatic rings. The van der Waals surface area contributed by atoms with Crippen molar-refractivity contribution in [3.63, 3.8) is 0 Å². The van der Waals surface area contributed by atoms with Crippen LogP contribution in [0.1, 0.15) is 32.4 Å². The first-order valence-corrected chi connectivity index (χ1v) is 6.08.